The fraction of sp³-hybridized carbons (Fsp3) is 0.889. The molecule has 68 valence electrons. The molecule has 6 atom stereocenters. The fourth-order valence-electron chi connectivity index (χ4n) is 3.82. The first-order chi connectivity index (χ1) is 6.24. The van der Waals surface area contributed by atoms with Crippen LogP contribution in [0.15, 0.2) is 0 Å². The summed E-state index contributed by atoms with van der Waals surface area (Å²) in [4.78, 5) is 10.9. The van der Waals surface area contributed by atoms with Crippen molar-refractivity contribution in [3.8, 4) is 0 Å². The van der Waals surface area contributed by atoms with Crippen molar-refractivity contribution in [2.24, 2.45) is 23.7 Å². The van der Waals surface area contributed by atoms with Gasteiger partial charge in [-0.05, 0) is 0 Å². The quantitative estimate of drug-likeness (QED) is 0.494. The summed E-state index contributed by atoms with van der Waals surface area (Å²) >= 11 is 3.03. The zero-order valence-electron chi connectivity index (χ0n) is 7.57. The first kappa shape index (κ1) is 9.14. The predicted molar refractivity (Wildman–Crippen MR) is 46.8 cm³/mol. The Bertz CT molecular complexity index is 270. The molecular weight excluding hydrogens is 421 g/mol. The Morgan fingerprint density at radius 2 is 2.23 bits per heavy atom. The molecule has 0 aromatic carbocycles. The van der Waals surface area contributed by atoms with Crippen LogP contribution >= 0.6 is 11.9 Å². The number of carbonyl (C=O) groups is 1. The van der Waals surface area contributed by atoms with Gasteiger partial charge in [0.1, 0.15) is 0 Å². The van der Waals surface area contributed by atoms with E-state index >= 15 is 0 Å². The van der Waals surface area contributed by atoms with Gasteiger partial charge >= 0.3 is 96.1 Å². The molecule has 0 aliphatic heterocycles. The number of rotatable bonds is 2. The summed E-state index contributed by atoms with van der Waals surface area (Å²) in [6.45, 7) is 1.54. The third kappa shape index (κ3) is 1.12. The van der Waals surface area contributed by atoms with E-state index in [1.165, 1.54) is 6.42 Å². The van der Waals surface area contributed by atoms with E-state index in [-0.39, 0.29) is 5.97 Å². The molecule has 0 aromatic rings. The van der Waals surface area contributed by atoms with Crippen LogP contribution < -0.4 is 0 Å². The monoisotopic (exact) mass is 432 g/mol. The van der Waals surface area contributed by atoms with Crippen molar-refractivity contribution >= 4 is 17.9 Å². The summed E-state index contributed by atoms with van der Waals surface area (Å²) in [5, 5.41) is 0. The van der Waals surface area contributed by atoms with E-state index < -0.39 is 22.1 Å². The molecule has 2 unspecified atom stereocenters. The van der Waals surface area contributed by atoms with Crippen LogP contribution in [0.3, 0.4) is 0 Å². The second-order valence-electron chi connectivity index (χ2n) is 4.61. The number of halogens is 1. The van der Waals surface area contributed by atoms with Crippen LogP contribution in [-0.4, -0.2) is 12.1 Å². The van der Waals surface area contributed by atoms with Crippen LogP contribution in [0.25, 0.3) is 0 Å². The van der Waals surface area contributed by atoms with Gasteiger partial charge in [-0.15, -0.1) is 0 Å². The van der Waals surface area contributed by atoms with Gasteiger partial charge in [0, 0.05) is 0 Å². The summed E-state index contributed by atoms with van der Waals surface area (Å²) in [6.07, 6.45) is 1.69. The summed E-state index contributed by atoms with van der Waals surface area (Å²) < 4.78 is 6.44. The van der Waals surface area contributed by atoms with Gasteiger partial charge in [0.25, 0.3) is 0 Å². The molecule has 2 nitrogen and oxygen atoms in total. The van der Waals surface area contributed by atoms with E-state index in [1.54, 1.807) is 6.92 Å². The molecule has 4 rings (SSSR count). The molecule has 4 saturated carbocycles. The van der Waals surface area contributed by atoms with Crippen LogP contribution in [0.4, 0.5) is 0 Å². The molecule has 4 aliphatic carbocycles. The zero-order valence-corrected chi connectivity index (χ0v) is 14.7. The van der Waals surface area contributed by atoms with E-state index in [0.717, 1.165) is 27.1 Å². The molecule has 0 N–H and O–H groups in total. The molecule has 0 spiro atoms. The molecule has 0 radical (unpaired) electrons. The van der Waals surface area contributed by atoms with Crippen molar-refractivity contribution in [2.45, 2.75) is 22.9 Å². The Kier molecular flexibility index (Phi) is 2.07. The van der Waals surface area contributed by atoms with Crippen molar-refractivity contribution in [1.29, 1.82) is 0 Å². The first-order valence-electron chi connectivity index (χ1n) is 4.97. The average Bonchev–Trinajstić information content (AvgIpc) is 2.42. The van der Waals surface area contributed by atoms with E-state index in [0.29, 0.717) is 6.10 Å². The second-order valence-corrected chi connectivity index (χ2v) is 15.2. The Balaban J connectivity index is 1.78. The maximum atomic E-state index is 10.9. The Hall–Kier alpha value is 0.885. The standard InChI is InChI=1S/C9H11O2.BrH.Hg/c1-4(10)11-9-5-2-6-7(3-5)8(6)9;;/h2,5-9H,3H2,1H3;1H;/q;;+1/p-1/t5-,6?,7-,8?,9+;;/m1../s1. The van der Waals surface area contributed by atoms with E-state index in [1.807, 2.05) is 0 Å². The van der Waals surface area contributed by atoms with Crippen LogP contribution in [0.2, 0.25) is 3.43 Å². The van der Waals surface area contributed by atoms with Gasteiger partial charge in [-0.1, -0.05) is 0 Å². The van der Waals surface area contributed by atoms with Crippen LogP contribution in [0.5, 0.6) is 0 Å². The molecule has 13 heavy (non-hydrogen) atoms. The molecule has 4 aliphatic rings. The minimum absolute atomic E-state index is 0.0758. The second kappa shape index (κ2) is 2.94. The molecule has 0 saturated heterocycles. The molecule has 0 amide bonds. The van der Waals surface area contributed by atoms with E-state index in [2.05, 4.69) is 11.9 Å². The van der Waals surface area contributed by atoms with Crippen molar-refractivity contribution in [2.75, 3.05) is 0 Å². The average molecular weight is 432 g/mol. The van der Waals surface area contributed by atoms with Gasteiger partial charge in [-0.25, -0.2) is 0 Å². The van der Waals surface area contributed by atoms with Crippen LogP contribution in [0, 0.1) is 23.7 Å². The SMILES string of the molecule is CC(=O)O[C@@H]1C2C3[C@H]2C[C@H]1[C@H]3[Hg][Br]. The normalized spacial score (nSPS) is 54.6. The Morgan fingerprint density at radius 1 is 1.46 bits per heavy atom. The van der Waals surface area contributed by atoms with Gasteiger partial charge in [0.15, 0.2) is 0 Å². The van der Waals surface area contributed by atoms with Gasteiger partial charge in [0.05, 0.1) is 0 Å². The number of hydrogen-bond acceptors (Lipinski definition) is 2. The zero-order chi connectivity index (χ0) is 9.16. The minimum atomic E-state index is -0.759. The van der Waals surface area contributed by atoms with Crippen LogP contribution in [-0.2, 0) is 31.7 Å². The maximum absolute atomic E-state index is 10.9. The fourth-order valence-corrected chi connectivity index (χ4v) is 17.9. The summed E-state index contributed by atoms with van der Waals surface area (Å²) in [5.74, 6) is 3.42. The van der Waals surface area contributed by atoms with Crippen molar-refractivity contribution < 1.29 is 31.7 Å². The molecular formula is C9H11BrHgO2. The first-order valence-corrected chi connectivity index (χ1v) is 20.1. The van der Waals surface area contributed by atoms with Crippen molar-refractivity contribution in [3.63, 3.8) is 0 Å². The summed E-state index contributed by atoms with van der Waals surface area (Å²) in [7, 11) is 0. The van der Waals surface area contributed by atoms with E-state index in [9.17, 15) is 4.79 Å². The van der Waals surface area contributed by atoms with Gasteiger partial charge in [-0.2, -0.15) is 0 Å². The Labute approximate surface area is 95.5 Å². The van der Waals surface area contributed by atoms with E-state index in [4.69, 9.17) is 4.74 Å². The predicted octanol–water partition coefficient (Wildman–Crippen LogP) is 1.99. The summed E-state index contributed by atoms with van der Waals surface area (Å²) in [6, 6.07) is 0. The molecule has 0 heterocycles. The number of carbonyl (C=O) groups excluding carboxylic acids is 1. The number of hydrogen-bond donors (Lipinski definition) is 0. The van der Waals surface area contributed by atoms with Crippen molar-refractivity contribution in [1.82, 2.24) is 0 Å². The molecule has 4 fully saturated rings. The molecule has 4 heteroatoms. The molecule has 4 bridgehead atoms. The Morgan fingerprint density at radius 3 is 2.69 bits per heavy atom. The summed E-state index contributed by atoms with van der Waals surface area (Å²) in [5.41, 5.74) is 0. The topological polar surface area (TPSA) is 26.3 Å². The third-order valence-electron chi connectivity index (χ3n) is 4.16. The van der Waals surface area contributed by atoms with Crippen molar-refractivity contribution in [3.05, 3.63) is 0 Å². The van der Waals surface area contributed by atoms with Gasteiger partial charge < -0.3 is 0 Å². The molecule has 0 aromatic heterocycles. The number of esters is 1. The number of ether oxygens (including phenoxy) is 1. The van der Waals surface area contributed by atoms with Gasteiger partial charge in [-0.3, -0.25) is 0 Å². The van der Waals surface area contributed by atoms with Crippen LogP contribution in [0.1, 0.15) is 13.3 Å². The van der Waals surface area contributed by atoms with Gasteiger partial charge in [0.2, 0.25) is 0 Å². The third-order valence-corrected chi connectivity index (χ3v) is 16.6.